The van der Waals surface area contributed by atoms with Gasteiger partial charge in [0.15, 0.2) is 5.82 Å². The van der Waals surface area contributed by atoms with E-state index < -0.39 is 0 Å². The monoisotopic (exact) mass is 463 g/mol. The molecule has 178 valence electrons. The van der Waals surface area contributed by atoms with E-state index in [1.807, 2.05) is 37.3 Å². The third-order valence-corrected chi connectivity index (χ3v) is 4.99. The smallest absolute Gasteiger partial charge is 0.320 e. The zero-order chi connectivity index (χ0) is 23.8. The van der Waals surface area contributed by atoms with Crippen molar-refractivity contribution in [3.05, 3.63) is 67.3 Å². The van der Waals surface area contributed by atoms with Crippen molar-refractivity contribution in [3.8, 4) is 23.5 Å². The summed E-state index contributed by atoms with van der Waals surface area (Å²) < 4.78 is 18.9. The maximum Gasteiger partial charge on any atom is 0.320 e. The van der Waals surface area contributed by atoms with E-state index in [1.165, 1.54) is 0 Å². The molecule has 0 atom stereocenters. The lowest BCUT2D eigenvalue weighted by Gasteiger charge is -2.28. The number of hydrogen-bond donors (Lipinski definition) is 0. The highest BCUT2D eigenvalue weighted by atomic mass is 16.5. The summed E-state index contributed by atoms with van der Waals surface area (Å²) in [6.07, 6.45) is 9.66. The minimum atomic E-state index is 0.291. The Morgan fingerprint density at radius 3 is 2.65 bits per heavy atom. The molecule has 10 heteroatoms. The normalized spacial score (nSPS) is 14.1. The second-order valence-electron chi connectivity index (χ2n) is 7.82. The Bertz CT molecular complexity index is 1110. The molecule has 1 fully saturated rings. The van der Waals surface area contributed by atoms with Gasteiger partial charge in [0.05, 0.1) is 19.8 Å². The number of allylic oxidation sites excluding steroid dienone is 1. The molecule has 0 bridgehead atoms. The lowest BCUT2D eigenvalue weighted by atomic mass is 10.2. The van der Waals surface area contributed by atoms with Crippen molar-refractivity contribution < 1.29 is 14.2 Å². The van der Waals surface area contributed by atoms with Crippen LogP contribution in [-0.4, -0.2) is 76.6 Å². The van der Waals surface area contributed by atoms with Gasteiger partial charge in [0.2, 0.25) is 5.88 Å². The first-order valence-electron chi connectivity index (χ1n) is 11.1. The van der Waals surface area contributed by atoms with Crippen molar-refractivity contribution in [2.45, 2.75) is 6.42 Å². The minimum Gasteiger partial charge on any atom is -0.463 e. The third kappa shape index (κ3) is 6.32. The topological polar surface area (TPSA) is 90.7 Å². The summed E-state index contributed by atoms with van der Waals surface area (Å²) >= 11 is 0. The van der Waals surface area contributed by atoms with Gasteiger partial charge in [0, 0.05) is 70.5 Å². The molecule has 0 spiro atoms. The number of hydrogen-bond acceptors (Lipinski definition) is 9. The van der Waals surface area contributed by atoms with Gasteiger partial charge in [-0.2, -0.15) is 9.97 Å². The van der Waals surface area contributed by atoms with E-state index in [1.54, 1.807) is 41.5 Å². The molecule has 0 aliphatic carbocycles. The Morgan fingerprint density at radius 1 is 1.15 bits per heavy atom. The third-order valence-electron chi connectivity index (χ3n) is 4.99. The Kier molecular flexibility index (Phi) is 7.71. The van der Waals surface area contributed by atoms with Crippen LogP contribution in [0.2, 0.25) is 0 Å². The molecule has 3 aromatic heterocycles. The molecule has 0 radical (unpaired) electrons. The largest absolute Gasteiger partial charge is 0.463 e. The van der Waals surface area contributed by atoms with Gasteiger partial charge < -0.3 is 24.0 Å². The lowest BCUT2D eigenvalue weighted by molar-refractivity contribution is 0.122. The Hall–Kier alpha value is -3.92. The summed E-state index contributed by atoms with van der Waals surface area (Å²) in [4.78, 5) is 17.4. The van der Waals surface area contributed by atoms with Crippen LogP contribution in [0.25, 0.3) is 5.82 Å². The first-order chi connectivity index (χ1) is 16.6. The van der Waals surface area contributed by atoms with Crippen molar-refractivity contribution >= 4 is 5.82 Å². The second-order valence-corrected chi connectivity index (χ2v) is 7.82. The Balaban J connectivity index is 1.54. The molecule has 0 N–H and O–H groups in total. The van der Waals surface area contributed by atoms with Crippen molar-refractivity contribution in [2.75, 3.05) is 51.9 Å². The van der Waals surface area contributed by atoms with Crippen molar-refractivity contribution in [1.29, 1.82) is 0 Å². The van der Waals surface area contributed by atoms with Crippen molar-refractivity contribution in [3.63, 3.8) is 0 Å². The van der Waals surface area contributed by atoms with Crippen LogP contribution in [0.3, 0.4) is 0 Å². The van der Waals surface area contributed by atoms with E-state index in [9.17, 15) is 0 Å². The van der Waals surface area contributed by atoms with Crippen LogP contribution >= 0.6 is 0 Å². The maximum absolute atomic E-state index is 5.95. The molecule has 0 saturated carbocycles. The number of pyridine rings is 1. The SMILES string of the molecule is C=C/C(=C\N(C)C)CCOc1nc(N2CCOCC2)cc(-n2ccc(Oc3ccncc3)n2)n1. The minimum absolute atomic E-state index is 0.291. The second kappa shape index (κ2) is 11.3. The molecule has 0 aromatic carbocycles. The van der Waals surface area contributed by atoms with E-state index in [4.69, 9.17) is 14.2 Å². The fraction of sp³-hybridized carbons (Fsp3) is 0.333. The molecule has 0 amide bonds. The standard InChI is InChI=1S/C24H29N7O3/c1-4-19(18-29(2)3)8-14-33-24-26-21(30-12-15-32-16-13-30)17-22(27-24)31-11-7-23(28-31)34-20-5-9-25-10-6-20/h4-7,9-11,17-18H,1,8,12-16H2,2-3H3/b19-18+. The Morgan fingerprint density at radius 2 is 1.91 bits per heavy atom. The average molecular weight is 464 g/mol. The molecule has 10 nitrogen and oxygen atoms in total. The predicted octanol–water partition coefficient (Wildman–Crippen LogP) is 3.09. The first-order valence-corrected chi connectivity index (χ1v) is 11.1. The number of ether oxygens (including phenoxy) is 3. The van der Waals surface area contributed by atoms with Crippen LogP contribution in [-0.2, 0) is 4.74 Å². The van der Waals surface area contributed by atoms with E-state index in [0.717, 1.165) is 24.5 Å². The van der Waals surface area contributed by atoms with Crippen LogP contribution in [0, 0.1) is 0 Å². The van der Waals surface area contributed by atoms with Crippen LogP contribution in [0.15, 0.2) is 67.3 Å². The number of morpholine rings is 1. The van der Waals surface area contributed by atoms with Crippen LogP contribution in [0.1, 0.15) is 6.42 Å². The van der Waals surface area contributed by atoms with Gasteiger partial charge in [-0.15, -0.1) is 5.10 Å². The molecule has 1 aliphatic rings. The average Bonchev–Trinajstić information content (AvgIpc) is 3.33. The molecule has 4 rings (SSSR count). The molecular formula is C24H29N7O3. The highest BCUT2D eigenvalue weighted by Crippen LogP contribution is 2.23. The van der Waals surface area contributed by atoms with Gasteiger partial charge >= 0.3 is 6.01 Å². The number of nitrogens with zero attached hydrogens (tertiary/aromatic N) is 7. The summed E-state index contributed by atoms with van der Waals surface area (Å²) in [5.41, 5.74) is 1.07. The summed E-state index contributed by atoms with van der Waals surface area (Å²) in [5, 5.41) is 4.51. The van der Waals surface area contributed by atoms with Gasteiger partial charge in [-0.3, -0.25) is 4.98 Å². The number of anilines is 1. The molecule has 4 heterocycles. The highest BCUT2D eigenvalue weighted by Gasteiger charge is 2.17. The highest BCUT2D eigenvalue weighted by molar-refractivity contribution is 5.46. The fourth-order valence-electron chi connectivity index (χ4n) is 3.36. The summed E-state index contributed by atoms with van der Waals surface area (Å²) in [6, 6.07) is 7.50. The van der Waals surface area contributed by atoms with Gasteiger partial charge in [-0.05, 0) is 17.7 Å². The van der Waals surface area contributed by atoms with E-state index >= 15 is 0 Å². The maximum atomic E-state index is 5.95. The molecule has 0 unspecified atom stereocenters. The van der Waals surface area contributed by atoms with E-state index in [-0.39, 0.29) is 0 Å². The Labute approximate surface area is 199 Å². The molecule has 1 saturated heterocycles. The van der Waals surface area contributed by atoms with Crippen LogP contribution in [0.4, 0.5) is 5.82 Å². The number of rotatable bonds is 10. The molecule has 1 aliphatic heterocycles. The molecular weight excluding hydrogens is 434 g/mol. The molecule has 34 heavy (non-hydrogen) atoms. The zero-order valence-electron chi connectivity index (χ0n) is 19.5. The lowest BCUT2D eigenvalue weighted by Crippen LogP contribution is -2.37. The quantitative estimate of drug-likeness (QED) is 0.421. The molecule has 3 aromatic rings. The van der Waals surface area contributed by atoms with Crippen molar-refractivity contribution in [1.82, 2.24) is 29.6 Å². The van der Waals surface area contributed by atoms with Gasteiger partial charge in [0.25, 0.3) is 0 Å². The van der Waals surface area contributed by atoms with E-state index in [2.05, 4.69) is 31.5 Å². The van der Waals surface area contributed by atoms with Gasteiger partial charge in [0.1, 0.15) is 11.6 Å². The zero-order valence-corrected chi connectivity index (χ0v) is 19.5. The van der Waals surface area contributed by atoms with Gasteiger partial charge in [-0.1, -0.05) is 12.7 Å². The van der Waals surface area contributed by atoms with Crippen LogP contribution in [0.5, 0.6) is 17.6 Å². The first kappa shape index (κ1) is 23.2. The fourth-order valence-corrected chi connectivity index (χ4v) is 3.36. The van der Waals surface area contributed by atoms with E-state index in [0.29, 0.717) is 49.7 Å². The predicted molar refractivity (Wildman–Crippen MR) is 129 cm³/mol. The van der Waals surface area contributed by atoms with Crippen LogP contribution < -0.4 is 14.4 Å². The van der Waals surface area contributed by atoms with Gasteiger partial charge in [-0.25, -0.2) is 4.68 Å². The summed E-state index contributed by atoms with van der Waals surface area (Å²) in [7, 11) is 3.95. The number of aromatic nitrogens is 5. The summed E-state index contributed by atoms with van der Waals surface area (Å²) in [6.45, 7) is 7.10. The van der Waals surface area contributed by atoms with Crippen molar-refractivity contribution in [2.24, 2.45) is 0 Å². The summed E-state index contributed by atoms with van der Waals surface area (Å²) in [5.74, 6) is 2.46.